The van der Waals surface area contributed by atoms with Crippen LogP contribution in [0.2, 0.25) is 0 Å². The number of halogens is 3. The van der Waals surface area contributed by atoms with E-state index in [-0.39, 0.29) is 57.3 Å². The summed E-state index contributed by atoms with van der Waals surface area (Å²) in [6.07, 6.45) is 1.43. The predicted molar refractivity (Wildman–Crippen MR) is 179 cm³/mol. The molecule has 2 heterocycles. The maximum atomic E-state index is 14.1. The van der Waals surface area contributed by atoms with Crippen LogP contribution in [-0.4, -0.2) is 31.5 Å². The first kappa shape index (κ1) is 32.4. The fourth-order valence-electron chi connectivity index (χ4n) is 9.60. The van der Waals surface area contributed by atoms with Crippen molar-refractivity contribution in [2.24, 2.45) is 28.4 Å². The molecule has 248 valence electrons. The highest BCUT2D eigenvalue weighted by Gasteiger charge is 2.68. The topological polar surface area (TPSA) is 112 Å². The molecule has 48 heavy (non-hydrogen) atoms. The SMILES string of the molecule is CC1(C)[C@@H]2C[C@@H](C(=O)Cl)[C@@]1(C)c1nnc(-c3ccccc3F)cc12.CC1(C)[C@@H]2C[C@@H](C(N)=O)[C@@]1(C)c1nnc(-c3ccccc3F)cc12. The zero-order valence-corrected chi connectivity index (χ0v) is 28.6. The Morgan fingerprint density at radius 1 is 0.688 bits per heavy atom. The van der Waals surface area contributed by atoms with E-state index in [2.05, 4.69) is 61.9 Å². The van der Waals surface area contributed by atoms with Crippen molar-refractivity contribution in [1.29, 1.82) is 0 Å². The molecular weight excluding hydrogens is 632 g/mol. The standard InChI is InChI=1S/C19H18ClFN2O.C19H20FN3O/c1-18(2)12-9-13(17(20)24)19(18,3)16-11(12)8-15(22-23-16)10-6-4-5-7-14(10)21;1-18(2)12-9-13(17(21)24)19(18,3)16-11(12)8-15(22-23-16)10-6-4-5-7-14(10)20/h4-8,12-13H,9H2,1-3H3;4-8,12-13H,9H2,1-3H3,(H2,21,24)/t2*12-,13+,19+/m11/s1. The molecular formula is C38H38ClF2N5O2. The number of fused-ring (bicyclic) bond motifs is 10. The van der Waals surface area contributed by atoms with Gasteiger partial charge in [0.2, 0.25) is 11.1 Å². The van der Waals surface area contributed by atoms with Gasteiger partial charge in [0.15, 0.2) is 0 Å². The number of benzene rings is 2. The van der Waals surface area contributed by atoms with E-state index in [1.54, 1.807) is 36.4 Å². The molecule has 0 saturated heterocycles. The molecule has 4 aromatic rings. The zero-order chi connectivity index (χ0) is 34.6. The summed E-state index contributed by atoms with van der Waals surface area (Å²) in [5.41, 5.74) is 10.3. The van der Waals surface area contributed by atoms with Crippen molar-refractivity contribution >= 4 is 22.8 Å². The summed E-state index contributed by atoms with van der Waals surface area (Å²) in [5, 5.41) is 17.1. The van der Waals surface area contributed by atoms with Crippen molar-refractivity contribution in [3.05, 3.63) is 94.8 Å². The van der Waals surface area contributed by atoms with Crippen molar-refractivity contribution in [2.75, 3.05) is 0 Å². The highest BCUT2D eigenvalue weighted by atomic mass is 35.5. The summed E-state index contributed by atoms with van der Waals surface area (Å²) < 4.78 is 28.2. The number of hydrogen-bond acceptors (Lipinski definition) is 6. The molecule has 7 nitrogen and oxygen atoms in total. The first-order valence-corrected chi connectivity index (χ1v) is 16.7. The Morgan fingerprint density at radius 2 is 1.08 bits per heavy atom. The lowest BCUT2D eigenvalue weighted by atomic mass is 9.66. The van der Waals surface area contributed by atoms with Crippen LogP contribution < -0.4 is 5.73 Å². The second-order valence-electron chi connectivity index (χ2n) is 15.3. The molecule has 10 heteroatoms. The minimum atomic E-state index is -0.438. The summed E-state index contributed by atoms with van der Waals surface area (Å²) in [7, 11) is 0. The van der Waals surface area contributed by atoms with Gasteiger partial charge in [0, 0.05) is 33.8 Å². The molecule has 0 unspecified atom stereocenters. The number of rotatable bonds is 4. The van der Waals surface area contributed by atoms with E-state index in [4.69, 9.17) is 17.3 Å². The second-order valence-corrected chi connectivity index (χ2v) is 15.6. The van der Waals surface area contributed by atoms with Gasteiger partial charge in [-0.2, -0.15) is 20.4 Å². The fraction of sp³-hybridized carbons (Fsp3) is 0.421. The smallest absolute Gasteiger partial charge is 0.225 e. The van der Waals surface area contributed by atoms with Gasteiger partial charge in [-0.05, 0) is 94.6 Å². The lowest BCUT2D eigenvalue weighted by Gasteiger charge is -2.37. The van der Waals surface area contributed by atoms with Gasteiger partial charge >= 0.3 is 0 Å². The third-order valence-electron chi connectivity index (χ3n) is 13.1. The molecule has 2 aromatic heterocycles. The molecule has 0 spiro atoms. The van der Waals surface area contributed by atoms with Crippen LogP contribution in [0.1, 0.15) is 88.7 Å². The lowest BCUT2D eigenvalue weighted by Crippen LogP contribution is -2.43. The van der Waals surface area contributed by atoms with Crippen LogP contribution in [0.25, 0.3) is 22.5 Å². The number of primary amides is 1. The summed E-state index contributed by atoms with van der Waals surface area (Å²) >= 11 is 5.87. The number of carbonyl (C=O) groups is 2. The van der Waals surface area contributed by atoms with Gasteiger partial charge < -0.3 is 5.73 Å². The second kappa shape index (κ2) is 10.7. The number of hydrogen-bond donors (Lipinski definition) is 1. The third-order valence-corrected chi connectivity index (χ3v) is 13.3. The quantitative estimate of drug-likeness (QED) is 0.224. The molecule has 4 aliphatic rings. The maximum Gasteiger partial charge on any atom is 0.225 e. The molecule has 1 amide bonds. The van der Waals surface area contributed by atoms with E-state index in [0.29, 0.717) is 35.4 Å². The van der Waals surface area contributed by atoms with Gasteiger partial charge in [-0.3, -0.25) is 9.59 Å². The summed E-state index contributed by atoms with van der Waals surface area (Å²) in [5.74, 6) is -1.04. The summed E-state index contributed by atoms with van der Waals surface area (Å²) in [6.45, 7) is 12.7. The maximum absolute atomic E-state index is 14.1. The van der Waals surface area contributed by atoms with E-state index >= 15 is 0 Å². The largest absolute Gasteiger partial charge is 0.369 e. The number of amides is 1. The summed E-state index contributed by atoms with van der Waals surface area (Å²) in [6, 6.07) is 17.0. The van der Waals surface area contributed by atoms with Gasteiger partial charge in [-0.25, -0.2) is 8.78 Å². The normalized spacial score (nSPS) is 29.5. The van der Waals surface area contributed by atoms with Crippen molar-refractivity contribution in [3.63, 3.8) is 0 Å². The summed E-state index contributed by atoms with van der Waals surface area (Å²) in [4.78, 5) is 23.9. The molecule has 2 aromatic carbocycles. The van der Waals surface area contributed by atoms with Crippen LogP contribution >= 0.6 is 11.6 Å². The molecule has 4 bridgehead atoms. The minimum absolute atomic E-state index is 0.141. The number of nitrogens with zero attached hydrogens (tertiary/aromatic N) is 4. The molecule has 0 aliphatic heterocycles. The Balaban J connectivity index is 0.000000152. The van der Waals surface area contributed by atoms with Gasteiger partial charge in [0.1, 0.15) is 11.6 Å². The first-order valence-electron chi connectivity index (χ1n) is 16.3. The fourth-order valence-corrected chi connectivity index (χ4v) is 9.91. The number of nitrogens with two attached hydrogens (primary N) is 1. The Hall–Kier alpha value is -4.11. The Morgan fingerprint density at radius 3 is 1.48 bits per heavy atom. The first-order chi connectivity index (χ1) is 22.6. The van der Waals surface area contributed by atoms with E-state index in [9.17, 15) is 18.4 Å². The van der Waals surface area contributed by atoms with Crippen molar-refractivity contribution in [3.8, 4) is 22.5 Å². The van der Waals surface area contributed by atoms with Crippen LogP contribution in [0.3, 0.4) is 0 Å². The van der Waals surface area contributed by atoms with Gasteiger partial charge in [-0.15, -0.1) is 0 Å². The highest BCUT2D eigenvalue weighted by molar-refractivity contribution is 6.64. The molecule has 6 atom stereocenters. The Kier molecular flexibility index (Phi) is 7.23. The third kappa shape index (κ3) is 4.15. The van der Waals surface area contributed by atoms with Crippen LogP contribution in [0, 0.1) is 34.3 Å². The average Bonchev–Trinajstić information content (AvgIpc) is 3.53. The number of aromatic nitrogens is 4. The highest BCUT2D eigenvalue weighted by Crippen LogP contribution is 2.70. The lowest BCUT2D eigenvalue weighted by molar-refractivity contribution is -0.124. The predicted octanol–water partition coefficient (Wildman–Crippen LogP) is 7.62. The van der Waals surface area contributed by atoms with E-state index < -0.39 is 10.8 Å². The van der Waals surface area contributed by atoms with Gasteiger partial charge in [0.25, 0.3) is 0 Å². The van der Waals surface area contributed by atoms with Crippen molar-refractivity contribution in [1.82, 2.24) is 20.4 Å². The minimum Gasteiger partial charge on any atom is -0.369 e. The average molecular weight is 670 g/mol. The van der Waals surface area contributed by atoms with Crippen LogP contribution in [-0.2, 0) is 20.4 Å². The van der Waals surface area contributed by atoms with Crippen LogP contribution in [0.4, 0.5) is 8.78 Å². The van der Waals surface area contributed by atoms with E-state index in [1.165, 1.54) is 12.1 Å². The van der Waals surface area contributed by atoms with E-state index in [0.717, 1.165) is 22.5 Å². The Labute approximate surface area is 283 Å². The van der Waals surface area contributed by atoms with Gasteiger partial charge in [-0.1, -0.05) is 65.8 Å². The molecule has 8 rings (SSSR count). The Bertz CT molecular complexity index is 1870. The molecule has 4 aliphatic carbocycles. The van der Waals surface area contributed by atoms with Gasteiger partial charge in [0.05, 0.1) is 22.8 Å². The van der Waals surface area contributed by atoms with E-state index in [1.807, 2.05) is 12.1 Å². The number of carbonyl (C=O) groups excluding carboxylic acids is 2. The molecule has 2 N–H and O–H groups in total. The monoisotopic (exact) mass is 669 g/mol. The van der Waals surface area contributed by atoms with Crippen molar-refractivity contribution in [2.45, 2.75) is 77.0 Å². The zero-order valence-electron chi connectivity index (χ0n) is 27.8. The van der Waals surface area contributed by atoms with Crippen LogP contribution in [0.15, 0.2) is 60.7 Å². The van der Waals surface area contributed by atoms with Crippen molar-refractivity contribution < 1.29 is 18.4 Å². The van der Waals surface area contributed by atoms with Crippen LogP contribution in [0.5, 0.6) is 0 Å². The molecule has 0 radical (unpaired) electrons. The molecule has 2 saturated carbocycles. The molecule has 2 fully saturated rings.